The molecule has 1 saturated heterocycles. The van der Waals surface area contributed by atoms with Crippen molar-refractivity contribution in [3.63, 3.8) is 0 Å². The van der Waals surface area contributed by atoms with Crippen LogP contribution in [0.4, 0.5) is 5.82 Å². The Morgan fingerprint density at radius 1 is 1.45 bits per heavy atom. The Labute approximate surface area is 117 Å². The lowest BCUT2D eigenvalue weighted by Gasteiger charge is -2.31. The number of hydrogen-bond donors (Lipinski definition) is 2. The highest BCUT2D eigenvalue weighted by Crippen LogP contribution is 2.14. The average Bonchev–Trinajstić information content (AvgIpc) is 2.38. The molecule has 1 aromatic rings. The van der Waals surface area contributed by atoms with Crippen LogP contribution in [0.5, 0.6) is 0 Å². The predicted octanol–water partition coefficient (Wildman–Crippen LogP) is -0.787. The van der Waals surface area contributed by atoms with E-state index < -0.39 is 15.9 Å². The molecular formula is C11H17N5O3S. The number of hydrogen-bond acceptors (Lipinski definition) is 6. The van der Waals surface area contributed by atoms with Gasteiger partial charge in [0.25, 0.3) is 5.91 Å². The summed E-state index contributed by atoms with van der Waals surface area (Å²) in [6, 6.07) is -0.243. The second-order valence-corrected chi connectivity index (χ2v) is 6.71. The van der Waals surface area contributed by atoms with Crippen molar-refractivity contribution >= 4 is 21.7 Å². The zero-order valence-corrected chi connectivity index (χ0v) is 11.9. The van der Waals surface area contributed by atoms with Gasteiger partial charge in [-0.2, -0.15) is 0 Å². The molecule has 1 aliphatic rings. The van der Waals surface area contributed by atoms with E-state index >= 15 is 0 Å². The fourth-order valence-electron chi connectivity index (χ4n) is 2.14. The molecule has 0 aliphatic carbocycles. The monoisotopic (exact) mass is 299 g/mol. The van der Waals surface area contributed by atoms with E-state index in [0.717, 1.165) is 12.7 Å². The summed E-state index contributed by atoms with van der Waals surface area (Å²) in [5, 5.41) is 2.75. The summed E-state index contributed by atoms with van der Waals surface area (Å²) in [5.74, 6) is -0.378. The average molecular weight is 299 g/mol. The first-order valence-electron chi connectivity index (χ1n) is 6.20. The first-order chi connectivity index (χ1) is 9.38. The Bertz CT molecular complexity index is 604. The van der Waals surface area contributed by atoms with Gasteiger partial charge in [0, 0.05) is 31.5 Å². The van der Waals surface area contributed by atoms with Crippen molar-refractivity contribution in [1.29, 1.82) is 0 Å². The topological polar surface area (TPSA) is 118 Å². The molecule has 0 bridgehead atoms. The first-order valence-corrected chi connectivity index (χ1v) is 8.05. The molecule has 0 aromatic carbocycles. The Balaban J connectivity index is 2.03. The third-order valence-electron chi connectivity index (χ3n) is 3.13. The van der Waals surface area contributed by atoms with Crippen molar-refractivity contribution in [2.45, 2.75) is 18.9 Å². The summed E-state index contributed by atoms with van der Waals surface area (Å²) in [4.78, 5) is 19.7. The maximum Gasteiger partial charge on any atom is 0.273 e. The molecule has 1 atom stereocenters. The molecule has 3 N–H and O–H groups in total. The van der Waals surface area contributed by atoms with Gasteiger partial charge in [0.15, 0.2) is 11.5 Å². The van der Waals surface area contributed by atoms with Crippen LogP contribution in [0.1, 0.15) is 23.3 Å². The van der Waals surface area contributed by atoms with Crippen molar-refractivity contribution < 1.29 is 13.2 Å². The second kappa shape index (κ2) is 5.71. The zero-order valence-electron chi connectivity index (χ0n) is 11.1. The summed E-state index contributed by atoms with van der Waals surface area (Å²) in [6.07, 6.45) is 5.37. The van der Waals surface area contributed by atoms with E-state index in [-0.39, 0.29) is 24.1 Å². The lowest BCUT2D eigenvalue weighted by Crippen LogP contribution is -2.49. The molecule has 1 aromatic heterocycles. The van der Waals surface area contributed by atoms with Gasteiger partial charge in [-0.1, -0.05) is 0 Å². The normalized spacial score (nSPS) is 20.6. The number of carbonyl (C=O) groups is 1. The van der Waals surface area contributed by atoms with Crippen LogP contribution < -0.4 is 11.1 Å². The number of nitrogens with two attached hydrogens (primary N) is 1. The number of carbonyl (C=O) groups excluding carboxylic acids is 1. The number of aromatic nitrogens is 2. The molecule has 110 valence electrons. The van der Waals surface area contributed by atoms with E-state index in [1.54, 1.807) is 0 Å². The van der Waals surface area contributed by atoms with Gasteiger partial charge in [-0.15, -0.1) is 0 Å². The van der Waals surface area contributed by atoms with Gasteiger partial charge in [0.2, 0.25) is 10.0 Å². The summed E-state index contributed by atoms with van der Waals surface area (Å²) in [5.41, 5.74) is 5.64. The van der Waals surface area contributed by atoms with Crippen molar-refractivity contribution in [3.8, 4) is 0 Å². The zero-order chi connectivity index (χ0) is 14.8. The SMILES string of the molecule is CS(=O)(=O)N1CCCC(NC(=O)c2nccnc2N)C1. The Morgan fingerprint density at radius 3 is 2.80 bits per heavy atom. The highest BCUT2D eigenvalue weighted by molar-refractivity contribution is 7.88. The highest BCUT2D eigenvalue weighted by atomic mass is 32.2. The van der Waals surface area contributed by atoms with Crippen molar-refractivity contribution in [2.75, 3.05) is 25.1 Å². The van der Waals surface area contributed by atoms with E-state index in [4.69, 9.17) is 5.73 Å². The number of nitrogens with zero attached hydrogens (tertiary/aromatic N) is 3. The molecule has 20 heavy (non-hydrogen) atoms. The maximum absolute atomic E-state index is 12.0. The predicted molar refractivity (Wildman–Crippen MR) is 73.3 cm³/mol. The molecule has 2 heterocycles. The number of anilines is 1. The smallest absolute Gasteiger partial charge is 0.273 e. The molecule has 0 spiro atoms. The number of sulfonamides is 1. The van der Waals surface area contributed by atoms with E-state index in [1.165, 1.54) is 16.7 Å². The van der Waals surface area contributed by atoms with Crippen LogP contribution in [0.25, 0.3) is 0 Å². The summed E-state index contributed by atoms with van der Waals surface area (Å²) >= 11 is 0. The molecule has 9 heteroatoms. The van der Waals surface area contributed by atoms with E-state index in [9.17, 15) is 13.2 Å². The van der Waals surface area contributed by atoms with E-state index in [1.807, 2.05) is 0 Å². The third kappa shape index (κ3) is 3.42. The summed E-state index contributed by atoms with van der Waals surface area (Å²) in [7, 11) is -3.24. The Kier molecular flexibility index (Phi) is 4.19. The first kappa shape index (κ1) is 14.7. The van der Waals surface area contributed by atoms with Gasteiger partial charge in [0.05, 0.1) is 6.26 Å². The Morgan fingerprint density at radius 2 is 2.15 bits per heavy atom. The van der Waals surface area contributed by atoms with Gasteiger partial charge < -0.3 is 11.1 Å². The summed E-state index contributed by atoms with van der Waals surface area (Å²) < 4.78 is 24.4. The minimum atomic E-state index is -3.24. The van der Waals surface area contributed by atoms with E-state index in [2.05, 4.69) is 15.3 Å². The Hall–Kier alpha value is -1.74. The summed E-state index contributed by atoms with van der Waals surface area (Å²) in [6.45, 7) is 0.753. The largest absolute Gasteiger partial charge is 0.382 e. The van der Waals surface area contributed by atoms with Crippen LogP contribution in [0, 0.1) is 0 Å². The standard InChI is InChI=1S/C11H17N5O3S/c1-20(18,19)16-6-2-3-8(7-16)15-11(17)9-10(12)14-5-4-13-9/h4-5,8H,2-3,6-7H2,1H3,(H2,12,14)(H,15,17). The van der Waals surface area contributed by atoms with E-state index in [0.29, 0.717) is 13.0 Å². The minimum absolute atomic E-state index is 0.0563. The quantitative estimate of drug-likeness (QED) is 0.755. The number of nitrogens with one attached hydrogen (secondary N) is 1. The maximum atomic E-state index is 12.0. The molecule has 1 fully saturated rings. The molecular weight excluding hydrogens is 282 g/mol. The third-order valence-corrected chi connectivity index (χ3v) is 4.40. The van der Waals surface area contributed by atoms with Gasteiger partial charge in [-0.05, 0) is 12.8 Å². The van der Waals surface area contributed by atoms with Gasteiger partial charge >= 0.3 is 0 Å². The van der Waals surface area contributed by atoms with Crippen molar-refractivity contribution in [1.82, 2.24) is 19.6 Å². The van der Waals surface area contributed by atoms with Crippen LogP contribution in [-0.2, 0) is 10.0 Å². The van der Waals surface area contributed by atoms with Crippen LogP contribution >= 0.6 is 0 Å². The molecule has 0 radical (unpaired) electrons. The lowest BCUT2D eigenvalue weighted by molar-refractivity contribution is 0.0917. The van der Waals surface area contributed by atoms with Crippen LogP contribution in [-0.4, -0.2) is 54.0 Å². The second-order valence-electron chi connectivity index (χ2n) is 4.72. The fraction of sp³-hybridized carbons (Fsp3) is 0.545. The van der Waals surface area contributed by atoms with Crippen LogP contribution in [0.3, 0.4) is 0 Å². The number of piperidine rings is 1. The molecule has 1 unspecified atom stereocenters. The van der Waals surface area contributed by atoms with Crippen LogP contribution in [0.15, 0.2) is 12.4 Å². The van der Waals surface area contributed by atoms with Gasteiger partial charge in [-0.25, -0.2) is 22.7 Å². The highest BCUT2D eigenvalue weighted by Gasteiger charge is 2.27. The number of rotatable bonds is 3. The fourth-order valence-corrected chi connectivity index (χ4v) is 3.05. The van der Waals surface area contributed by atoms with Crippen molar-refractivity contribution in [2.24, 2.45) is 0 Å². The van der Waals surface area contributed by atoms with Gasteiger partial charge in [0.1, 0.15) is 0 Å². The molecule has 2 rings (SSSR count). The lowest BCUT2D eigenvalue weighted by atomic mass is 10.1. The van der Waals surface area contributed by atoms with Gasteiger partial charge in [-0.3, -0.25) is 4.79 Å². The number of amides is 1. The van der Waals surface area contributed by atoms with Crippen molar-refractivity contribution in [3.05, 3.63) is 18.1 Å². The molecule has 0 saturated carbocycles. The molecule has 8 nitrogen and oxygen atoms in total. The molecule has 1 aliphatic heterocycles. The molecule has 1 amide bonds. The van der Waals surface area contributed by atoms with Crippen LogP contribution in [0.2, 0.25) is 0 Å². The number of nitrogen functional groups attached to an aromatic ring is 1. The minimum Gasteiger partial charge on any atom is -0.382 e.